The van der Waals surface area contributed by atoms with E-state index in [1.54, 1.807) is 24.3 Å². The average molecular weight is 256 g/mol. The molecule has 1 heterocycles. The summed E-state index contributed by atoms with van der Waals surface area (Å²) in [6, 6.07) is 10.4. The van der Waals surface area contributed by atoms with Crippen molar-refractivity contribution in [3.05, 3.63) is 54.4 Å². The lowest BCUT2D eigenvalue weighted by Crippen LogP contribution is -2.15. The van der Waals surface area contributed by atoms with E-state index in [-0.39, 0.29) is 5.82 Å². The van der Waals surface area contributed by atoms with Crippen LogP contribution in [-0.4, -0.2) is 13.2 Å². The fourth-order valence-electron chi connectivity index (χ4n) is 2.10. The summed E-state index contributed by atoms with van der Waals surface area (Å²) >= 11 is 0. The molecular formula is C16H13FO2. The van der Waals surface area contributed by atoms with E-state index in [1.807, 2.05) is 12.1 Å². The average Bonchev–Trinajstić information content (AvgIpc) is 2.47. The van der Waals surface area contributed by atoms with E-state index in [0.717, 1.165) is 11.1 Å². The van der Waals surface area contributed by atoms with Crippen molar-refractivity contribution in [3.8, 4) is 22.6 Å². The van der Waals surface area contributed by atoms with E-state index in [9.17, 15) is 4.39 Å². The minimum atomic E-state index is -0.262. The largest absolute Gasteiger partial charge is 0.486 e. The molecule has 2 nitrogen and oxygen atoms in total. The predicted molar refractivity (Wildman–Crippen MR) is 72.9 cm³/mol. The molecule has 96 valence electrons. The maximum absolute atomic E-state index is 13.9. The lowest BCUT2D eigenvalue weighted by atomic mass is 10.0. The second kappa shape index (κ2) is 4.76. The van der Waals surface area contributed by atoms with Crippen LogP contribution in [0.1, 0.15) is 5.56 Å². The van der Waals surface area contributed by atoms with Crippen molar-refractivity contribution < 1.29 is 13.9 Å². The molecule has 0 saturated carbocycles. The van der Waals surface area contributed by atoms with E-state index >= 15 is 0 Å². The first-order valence-electron chi connectivity index (χ1n) is 6.10. The zero-order valence-corrected chi connectivity index (χ0v) is 10.4. The molecule has 0 atom stereocenters. The molecule has 0 spiro atoms. The summed E-state index contributed by atoms with van der Waals surface area (Å²) in [6.45, 7) is 4.77. The van der Waals surface area contributed by atoms with Crippen LogP contribution in [0.4, 0.5) is 4.39 Å². The second-order valence-corrected chi connectivity index (χ2v) is 4.30. The van der Waals surface area contributed by atoms with Crippen molar-refractivity contribution in [2.75, 3.05) is 13.2 Å². The fraction of sp³-hybridized carbons (Fsp3) is 0.125. The Kier molecular flexibility index (Phi) is 2.95. The molecule has 3 heteroatoms. The van der Waals surface area contributed by atoms with E-state index in [2.05, 4.69) is 6.58 Å². The minimum absolute atomic E-state index is 0.262. The highest BCUT2D eigenvalue weighted by atomic mass is 19.1. The molecule has 1 aliphatic rings. The Hall–Kier alpha value is -2.29. The maximum Gasteiger partial charge on any atom is 0.161 e. The summed E-state index contributed by atoms with van der Waals surface area (Å²) in [5, 5.41) is 0. The van der Waals surface area contributed by atoms with Gasteiger partial charge in [-0.1, -0.05) is 24.8 Å². The molecule has 19 heavy (non-hydrogen) atoms. The zero-order chi connectivity index (χ0) is 13.2. The Morgan fingerprint density at radius 3 is 2.58 bits per heavy atom. The van der Waals surface area contributed by atoms with Gasteiger partial charge in [-0.05, 0) is 35.4 Å². The molecule has 2 aromatic carbocycles. The van der Waals surface area contributed by atoms with Gasteiger partial charge >= 0.3 is 0 Å². The smallest absolute Gasteiger partial charge is 0.161 e. The van der Waals surface area contributed by atoms with E-state index in [1.165, 1.54) is 6.07 Å². The first kappa shape index (κ1) is 11.8. The Balaban J connectivity index is 2.09. The van der Waals surface area contributed by atoms with Crippen LogP contribution >= 0.6 is 0 Å². The van der Waals surface area contributed by atoms with Gasteiger partial charge in [-0.25, -0.2) is 4.39 Å². The first-order chi connectivity index (χ1) is 9.28. The normalized spacial score (nSPS) is 13.1. The van der Waals surface area contributed by atoms with Gasteiger partial charge in [-0.2, -0.15) is 0 Å². The first-order valence-corrected chi connectivity index (χ1v) is 6.10. The molecule has 0 amide bonds. The molecule has 0 unspecified atom stereocenters. The SMILES string of the molecule is C=Cc1ccc(F)c(-c2ccc3c(c2)OCCO3)c1. The van der Waals surface area contributed by atoms with Crippen LogP contribution in [-0.2, 0) is 0 Å². The Bertz CT molecular complexity index is 635. The van der Waals surface area contributed by atoms with Crippen LogP contribution in [0.2, 0.25) is 0 Å². The summed E-state index contributed by atoms with van der Waals surface area (Å²) in [5.41, 5.74) is 2.19. The van der Waals surface area contributed by atoms with Crippen molar-refractivity contribution in [2.24, 2.45) is 0 Å². The van der Waals surface area contributed by atoms with Crippen LogP contribution in [0.15, 0.2) is 43.0 Å². The Morgan fingerprint density at radius 1 is 1.00 bits per heavy atom. The summed E-state index contributed by atoms with van der Waals surface area (Å²) in [6.07, 6.45) is 1.70. The molecule has 0 aliphatic carbocycles. The molecule has 0 saturated heterocycles. The molecule has 1 aliphatic heterocycles. The lowest BCUT2D eigenvalue weighted by molar-refractivity contribution is 0.171. The highest BCUT2D eigenvalue weighted by molar-refractivity contribution is 5.70. The Morgan fingerprint density at radius 2 is 1.79 bits per heavy atom. The third-order valence-corrected chi connectivity index (χ3v) is 3.08. The van der Waals surface area contributed by atoms with Crippen molar-refractivity contribution in [3.63, 3.8) is 0 Å². The van der Waals surface area contributed by atoms with Gasteiger partial charge < -0.3 is 9.47 Å². The highest BCUT2D eigenvalue weighted by Crippen LogP contribution is 2.35. The molecule has 0 fully saturated rings. The monoisotopic (exact) mass is 256 g/mol. The van der Waals surface area contributed by atoms with Crippen LogP contribution in [0.25, 0.3) is 17.2 Å². The quantitative estimate of drug-likeness (QED) is 0.811. The Labute approximate surface area is 111 Å². The van der Waals surface area contributed by atoms with Crippen LogP contribution in [0.3, 0.4) is 0 Å². The number of fused-ring (bicyclic) bond motifs is 1. The van der Waals surface area contributed by atoms with Gasteiger partial charge in [0, 0.05) is 5.56 Å². The van der Waals surface area contributed by atoms with Gasteiger partial charge in [0.05, 0.1) is 0 Å². The topological polar surface area (TPSA) is 18.5 Å². The van der Waals surface area contributed by atoms with E-state index < -0.39 is 0 Å². The van der Waals surface area contributed by atoms with Gasteiger partial charge in [0.25, 0.3) is 0 Å². The molecule has 0 aromatic heterocycles. The fourth-order valence-corrected chi connectivity index (χ4v) is 2.10. The number of benzene rings is 2. The van der Waals surface area contributed by atoms with Crippen molar-refractivity contribution in [2.45, 2.75) is 0 Å². The highest BCUT2D eigenvalue weighted by Gasteiger charge is 2.14. The molecule has 0 bridgehead atoms. The number of hydrogen-bond donors (Lipinski definition) is 0. The minimum Gasteiger partial charge on any atom is -0.486 e. The van der Waals surface area contributed by atoms with Crippen LogP contribution < -0.4 is 9.47 Å². The van der Waals surface area contributed by atoms with Gasteiger partial charge in [-0.15, -0.1) is 0 Å². The van der Waals surface area contributed by atoms with Crippen LogP contribution in [0, 0.1) is 5.82 Å². The predicted octanol–water partition coefficient (Wildman–Crippen LogP) is 3.91. The van der Waals surface area contributed by atoms with Crippen molar-refractivity contribution in [1.29, 1.82) is 0 Å². The van der Waals surface area contributed by atoms with Gasteiger partial charge in [0.15, 0.2) is 11.5 Å². The van der Waals surface area contributed by atoms with Gasteiger partial charge in [0.1, 0.15) is 19.0 Å². The number of hydrogen-bond acceptors (Lipinski definition) is 2. The molecule has 2 aromatic rings. The second-order valence-electron chi connectivity index (χ2n) is 4.30. The van der Waals surface area contributed by atoms with Gasteiger partial charge in [-0.3, -0.25) is 0 Å². The maximum atomic E-state index is 13.9. The molecular weight excluding hydrogens is 243 g/mol. The third-order valence-electron chi connectivity index (χ3n) is 3.08. The van der Waals surface area contributed by atoms with Crippen molar-refractivity contribution in [1.82, 2.24) is 0 Å². The molecule has 0 radical (unpaired) electrons. The van der Waals surface area contributed by atoms with E-state index in [4.69, 9.17) is 9.47 Å². The van der Waals surface area contributed by atoms with Crippen LogP contribution in [0.5, 0.6) is 11.5 Å². The standard InChI is InChI=1S/C16H13FO2/c1-2-11-3-5-14(17)13(9-11)12-4-6-15-16(10-12)19-8-7-18-15/h2-6,9-10H,1,7-8H2. The van der Waals surface area contributed by atoms with E-state index in [0.29, 0.717) is 30.3 Å². The molecule has 3 rings (SSSR count). The summed E-state index contributed by atoms with van der Waals surface area (Å²) in [5.74, 6) is 1.10. The third kappa shape index (κ3) is 2.19. The number of ether oxygens (including phenoxy) is 2. The lowest BCUT2D eigenvalue weighted by Gasteiger charge is -2.19. The molecule has 0 N–H and O–H groups in total. The van der Waals surface area contributed by atoms with Crippen molar-refractivity contribution >= 4 is 6.08 Å². The zero-order valence-electron chi connectivity index (χ0n) is 10.4. The summed E-state index contributed by atoms with van der Waals surface area (Å²) in [4.78, 5) is 0. The number of halogens is 1. The number of rotatable bonds is 2. The summed E-state index contributed by atoms with van der Waals surface area (Å²) < 4.78 is 24.9. The van der Waals surface area contributed by atoms with Gasteiger partial charge in [0.2, 0.25) is 0 Å². The summed E-state index contributed by atoms with van der Waals surface area (Å²) in [7, 11) is 0.